The van der Waals surface area contributed by atoms with Crippen LogP contribution in [0.5, 0.6) is 0 Å². The Morgan fingerprint density at radius 3 is 2.50 bits per heavy atom. The molecule has 4 nitrogen and oxygen atoms in total. The van der Waals surface area contributed by atoms with Crippen molar-refractivity contribution in [1.29, 1.82) is 0 Å². The fourth-order valence-corrected chi connectivity index (χ4v) is 2.53. The smallest absolute Gasteiger partial charge is 0.261 e. The van der Waals surface area contributed by atoms with Crippen LogP contribution in [0.15, 0.2) is 65.5 Å². The van der Waals surface area contributed by atoms with E-state index in [4.69, 9.17) is 11.6 Å². The van der Waals surface area contributed by atoms with Crippen molar-refractivity contribution < 1.29 is 4.79 Å². The quantitative estimate of drug-likeness (QED) is 0.749. The van der Waals surface area contributed by atoms with E-state index < -0.39 is 11.5 Å². The largest absolute Gasteiger partial charge is 0.322 e. The van der Waals surface area contributed by atoms with Crippen molar-refractivity contribution in [3.63, 3.8) is 0 Å². The van der Waals surface area contributed by atoms with Gasteiger partial charge in [-0.2, -0.15) is 0 Å². The molecule has 0 saturated carbocycles. The van der Waals surface area contributed by atoms with Gasteiger partial charge in [0.2, 0.25) is 0 Å². The number of halogens is 1. The van der Waals surface area contributed by atoms with E-state index in [-0.39, 0.29) is 5.56 Å². The molecule has 2 aromatic carbocycles. The fraction of sp³-hybridized carbons (Fsp3) is 0.0526. The highest BCUT2D eigenvalue weighted by Gasteiger charge is 2.13. The van der Waals surface area contributed by atoms with E-state index in [0.717, 1.165) is 11.1 Å². The highest BCUT2D eigenvalue weighted by Crippen LogP contribution is 2.21. The van der Waals surface area contributed by atoms with Crippen molar-refractivity contribution in [1.82, 2.24) is 4.98 Å². The number of carbonyl (C=O) groups excluding carboxylic acids is 1. The highest BCUT2D eigenvalue weighted by molar-refractivity contribution is 6.31. The van der Waals surface area contributed by atoms with Crippen LogP contribution < -0.4 is 10.9 Å². The van der Waals surface area contributed by atoms with Gasteiger partial charge in [-0.3, -0.25) is 9.59 Å². The number of anilines is 1. The summed E-state index contributed by atoms with van der Waals surface area (Å²) < 4.78 is 0. The Balaban J connectivity index is 1.88. The Hall–Kier alpha value is -2.85. The third-order valence-corrected chi connectivity index (χ3v) is 3.92. The summed E-state index contributed by atoms with van der Waals surface area (Å²) in [5.74, 6) is -0.471. The lowest BCUT2D eigenvalue weighted by molar-refractivity contribution is 0.102. The molecule has 0 radical (unpaired) electrons. The van der Waals surface area contributed by atoms with E-state index in [2.05, 4.69) is 10.3 Å². The van der Waals surface area contributed by atoms with Crippen molar-refractivity contribution in [3.8, 4) is 11.3 Å². The van der Waals surface area contributed by atoms with Gasteiger partial charge in [0.1, 0.15) is 5.56 Å². The van der Waals surface area contributed by atoms with E-state index in [0.29, 0.717) is 16.4 Å². The summed E-state index contributed by atoms with van der Waals surface area (Å²) >= 11 is 5.95. The summed E-state index contributed by atoms with van der Waals surface area (Å²) in [4.78, 5) is 27.4. The minimum Gasteiger partial charge on any atom is -0.322 e. The predicted molar refractivity (Wildman–Crippen MR) is 96.6 cm³/mol. The molecule has 120 valence electrons. The Morgan fingerprint density at radius 2 is 1.79 bits per heavy atom. The zero-order valence-corrected chi connectivity index (χ0v) is 13.7. The predicted octanol–water partition coefficient (Wildman–Crippen LogP) is 4.26. The number of hydrogen-bond donors (Lipinski definition) is 2. The lowest BCUT2D eigenvalue weighted by atomic mass is 10.1. The molecule has 0 fully saturated rings. The molecular formula is C19H15ClN2O2. The minimum absolute atomic E-state index is 0.0501. The number of aryl methyl sites for hydroxylation is 1. The Labute approximate surface area is 144 Å². The Kier molecular flexibility index (Phi) is 4.49. The van der Waals surface area contributed by atoms with Crippen LogP contribution in [0.2, 0.25) is 5.02 Å². The normalized spacial score (nSPS) is 10.4. The van der Waals surface area contributed by atoms with Gasteiger partial charge in [-0.1, -0.05) is 48.0 Å². The van der Waals surface area contributed by atoms with Crippen LogP contribution in [0.3, 0.4) is 0 Å². The lowest BCUT2D eigenvalue weighted by Gasteiger charge is -2.09. The summed E-state index contributed by atoms with van der Waals surface area (Å²) in [6.07, 6.45) is 0. The monoisotopic (exact) mass is 338 g/mol. The molecule has 0 aliphatic carbocycles. The first-order valence-electron chi connectivity index (χ1n) is 7.41. The van der Waals surface area contributed by atoms with Crippen molar-refractivity contribution in [2.45, 2.75) is 6.92 Å². The summed E-state index contributed by atoms with van der Waals surface area (Å²) in [6, 6.07) is 17.9. The maximum atomic E-state index is 12.4. The van der Waals surface area contributed by atoms with Crippen molar-refractivity contribution in [2.24, 2.45) is 0 Å². The van der Waals surface area contributed by atoms with E-state index in [9.17, 15) is 9.59 Å². The zero-order chi connectivity index (χ0) is 17.1. The average Bonchev–Trinajstić information content (AvgIpc) is 2.58. The second kappa shape index (κ2) is 6.72. The van der Waals surface area contributed by atoms with Crippen LogP contribution in [0.4, 0.5) is 5.69 Å². The first-order valence-corrected chi connectivity index (χ1v) is 7.78. The van der Waals surface area contributed by atoms with Crippen LogP contribution in [0.1, 0.15) is 15.9 Å². The third kappa shape index (κ3) is 3.39. The molecule has 0 unspecified atom stereocenters. The molecule has 0 atom stereocenters. The third-order valence-electron chi connectivity index (χ3n) is 3.69. The number of nitrogens with one attached hydrogen (secondary N) is 2. The van der Waals surface area contributed by atoms with Gasteiger partial charge >= 0.3 is 0 Å². The summed E-state index contributed by atoms with van der Waals surface area (Å²) in [6.45, 7) is 1.86. The van der Waals surface area contributed by atoms with Crippen LogP contribution in [-0.4, -0.2) is 10.9 Å². The fourth-order valence-electron chi connectivity index (χ4n) is 2.36. The number of pyridine rings is 1. The molecule has 0 aliphatic heterocycles. The molecule has 1 heterocycles. The van der Waals surface area contributed by atoms with Gasteiger partial charge in [0.15, 0.2) is 0 Å². The molecule has 0 spiro atoms. The van der Waals surface area contributed by atoms with E-state index in [1.165, 1.54) is 6.07 Å². The molecule has 2 N–H and O–H groups in total. The number of rotatable bonds is 3. The Bertz CT molecular complexity index is 949. The van der Waals surface area contributed by atoms with E-state index in [1.54, 1.807) is 24.3 Å². The number of aromatic nitrogens is 1. The molecule has 1 aromatic heterocycles. The average molecular weight is 339 g/mol. The van der Waals surface area contributed by atoms with Gasteiger partial charge in [0.05, 0.1) is 0 Å². The SMILES string of the molecule is Cc1ccc(Cl)cc1NC(=O)c1ccc(-c2ccccc2)[nH]c1=O. The molecule has 0 bridgehead atoms. The van der Waals surface area contributed by atoms with E-state index >= 15 is 0 Å². The maximum Gasteiger partial charge on any atom is 0.261 e. The second-order valence-electron chi connectivity index (χ2n) is 5.39. The van der Waals surface area contributed by atoms with Crippen LogP contribution in [0, 0.1) is 6.92 Å². The molecule has 1 amide bonds. The maximum absolute atomic E-state index is 12.4. The molecule has 5 heteroatoms. The topological polar surface area (TPSA) is 62.0 Å². The standard InChI is InChI=1S/C19H15ClN2O2/c1-12-7-8-14(20)11-17(12)22-19(24)15-9-10-16(21-18(15)23)13-5-3-2-4-6-13/h2-11H,1H3,(H,21,23)(H,22,24). The summed E-state index contributed by atoms with van der Waals surface area (Å²) in [5, 5.41) is 3.24. The number of carbonyl (C=O) groups is 1. The molecule has 0 saturated heterocycles. The van der Waals surface area contributed by atoms with Gasteiger partial charge < -0.3 is 10.3 Å². The van der Waals surface area contributed by atoms with Gasteiger partial charge in [0.25, 0.3) is 11.5 Å². The van der Waals surface area contributed by atoms with Gasteiger partial charge in [0, 0.05) is 16.4 Å². The molecular weight excluding hydrogens is 324 g/mol. The van der Waals surface area contributed by atoms with Gasteiger partial charge in [-0.25, -0.2) is 0 Å². The van der Waals surface area contributed by atoms with Gasteiger partial charge in [-0.15, -0.1) is 0 Å². The molecule has 0 aliphatic rings. The summed E-state index contributed by atoms with van der Waals surface area (Å²) in [7, 11) is 0. The molecule has 3 rings (SSSR count). The van der Waals surface area contributed by atoms with Crippen molar-refractivity contribution in [3.05, 3.63) is 87.2 Å². The van der Waals surface area contributed by atoms with E-state index in [1.807, 2.05) is 37.3 Å². The molecule has 3 aromatic rings. The summed E-state index contributed by atoms with van der Waals surface area (Å²) in [5.41, 5.74) is 2.61. The van der Waals surface area contributed by atoms with Gasteiger partial charge in [-0.05, 0) is 42.3 Å². The minimum atomic E-state index is -0.471. The number of benzene rings is 2. The number of H-pyrrole nitrogens is 1. The number of aromatic amines is 1. The number of hydrogen-bond acceptors (Lipinski definition) is 2. The Morgan fingerprint density at radius 1 is 1.04 bits per heavy atom. The van der Waals surface area contributed by atoms with Crippen molar-refractivity contribution in [2.75, 3.05) is 5.32 Å². The van der Waals surface area contributed by atoms with Crippen LogP contribution in [-0.2, 0) is 0 Å². The highest BCUT2D eigenvalue weighted by atomic mass is 35.5. The van der Waals surface area contributed by atoms with Crippen LogP contribution >= 0.6 is 11.6 Å². The first kappa shape index (κ1) is 16.0. The second-order valence-corrected chi connectivity index (χ2v) is 5.83. The molecule has 24 heavy (non-hydrogen) atoms. The number of amides is 1. The van der Waals surface area contributed by atoms with Crippen molar-refractivity contribution >= 4 is 23.2 Å². The van der Waals surface area contributed by atoms with Crippen LogP contribution in [0.25, 0.3) is 11.3 Å². The zero-order valence-electron chi connectivity index (χ0n) is 13.0. The lowest BCUT2D eigenvalue weighted by Crippen LogP contribution is -2.23. The first-order chi connectivity index (χ1) is 11.5.